The normalized spacial score (nSPS) is 16.7. The molecule has 1 atom stereocenters. The molecule has 7 nitrogen and oxygen atoms in total. The minimum atomic E-state index is -0.523. The predicted molar refractivity (Wildman–Crippen MR) is 102 cm³/mol. The Bertz CT molecular complexity index is 658. The SMILES string of the molecule is CC(C)NC(=O)NCc1ccc(C(=O)OCC(=O)N2CCCC[C@@H]2C)cc1. The van der Waals surface area contributed by atoms with Crippen molar-refractivity contribution in [3.63, 3.8) is 0 Å². The van der Waals surface area contributed by atoms with Gasteiger partial charge in [0.1, 0.15) is 0 Å². The third-order valence-electron chi connectivity index (χ3n) is 4.51. The monoisotopic (exact) mass is 375 g/mol. The molecule has 0 radical (unpaired) electrons. The molecule has 1 fully saturated rings. The highest BCUT2D eigenvalue weighted by Crippen LogP contribution is 2.16. The predicted octanol–water partition coefficient (Wildman–Crippen LogP) is 2.45. The first-order chi connectivity index (χ1) is 12.9. The van der Waals surface area contributed by atoms with Gasteiger partial charge in [-0.25, -0.2) is 9.59 Å². The Morgan fingerprint density at radius 3 is 2.52 bits per heavy atom. The summed E-state index contributed by atoms with van der Waals surface area (Å²) in [5.41, 5.74) is 1.24. The standard InChI is InChI=1S/C20H29N3O4/c1-14(2)22-20(26)21-12-16-7-9-17(10-8-16)19(25)27-13-18(24)23-11-5-4-6-15(23)3/h7-10,14-15H,4-6,11-13H2,1-3H3,(H2,21,22,26)/t15-/m0/s1. The van der Waals surface area contributed by atoms with E-state index in [2.05, 4.69) is 10.6 Å². The summed E-state index contributed by atoms with van der Waals surface area (Å²) in [5.74, 6) is -0.669. The number of carbonyl (C=O) groups excluding carboxylic acids is 3. The van der Waals surface area contributed by atoms with Crippen LogP contribution >= 0.6 is 0 Å². The second-order valence-corrected chi connectivity index (χ2v) is 7.19. The maximum Gasteiger partial charge on any atom is 0.338 e. The number of nitrogens with one attached hydrogen (secondary N) is 2. The van der Waals surface area contributed by atoms with Crippen LogP contribution < -0.4 is 10.6 Å². The average Bonchev–Trinajstić information content (AvgIpc) is 2.64. The number of piperidine rings is 1. The number of amides is 3. The number of esters is 1. The molecule has 1 aliphatic heterocycles. The third-order valence-corrected chi connectivity index (χ3v) is 4.51. The van der Waals surface area contributed by atoms with E-state index in [1.165, 1.54) is 0 Å². The van der Waals surface area contributed by atoms with Crippen LogP contribution in [-0.2, 0) is 16.1 Å². The van der Waals surface area contributed by atoms with Crippen LogP contribution in [0.3, 0.4) is 0 Å². The average molecular weight is 375 g/mol. The molecule has 1 aromatic rings. The maximum atomic E-state index is 12.2. The van der Waals surface area contributed by atoms with E-state index in [4.69, 9.17) is 4.74 Å². The van der Waals surface area contributed by atoms with E-state index in [0.717, 1.165) is 31.4 Å². The molecule has 1 aromatic carbocycles. The molecule has 2 N–H and O–H groups in total. The van der Waals surface area contributed by atoms with Crippen LogP contribution in [0.4, 0.5) is 4.79 Å². The summed E-state index contributed by atoms with van der Waals surface area (Å²) >= 11 is 0. The van der Waals surface area contributed by atoms with Gasteiger partial charge < -0.3 is 20.3 Å². The number of ether oxygens (including phenoxy) is 1. The quantitative estimate of drug-likeness (QED) is 0.748. The van der Waals surface area contributed by atoms with Gasteiger partial charge in [0, 0.05) is 25.2 Å². The summed E-state index contributed by atoms with van der Waals surface area (Å²) in [7, 11) is 0. The molecule has 0 unspecified atom stereocenters. The van der Waals surface area contributed by atoms with Crippen LogP contribution in [0.5, 0.6) is 0 Å². The van der Waals surface area contributed by atoms with Crippen LogP contribution in [-0.4, -0.2) is 48.0 Å². The number of nitrogens with zero attached hydrogens (tertiary/aromatic N) is 1. The Balaban J connectivity index is 1.79. The highest BCUT2D eigenvalue weighted by Gasteiger charge is 2.24. The van der Waals surface area contributed by atoms with Gasteiger partial charge in [-0.3, -0.25) is 4.79 Å². The molecule has 1 aliphatic rings. The van der Waals surface area contributed by atoms with Crippen LogP contribution in [0.15, 0.2) is 24.3 Å². The van der Waals surface area contributed by atoms with Gasteiger partial charge in [0.15, 0.2) is 6.61 Å². The molecule has 27 heavy (non-hydrogen) atoms. The number of hydrogen-bond acceptors (Lipinski definition) is 4. The number of likely N-dealkylation sites (tertiary alicyclic amines) is 1. The van der Waals surface area contributed by atoms with Gasteiger partial charge in [-0.05, 0) is 57.7 Å². The fraction of sp³-hybridized carbons (Fsp3) is 0.550. The van der Waals surface area contributed by atoms with E-state index in [1.807, 2.05) is 20.8 Å². The van der Waals surface area contributed by atoms with Crippen molar-refractivity contribution in [3.05, 3.63) is 35.4 Å². The number of carbonyl (C=O) groups is 3. The molecule has 7 heteroatoms. The lowest BCUT2D eigenvalue weighted by Crippen LogP contribution is -2.44. The molecular weight excluding hydrogens is 346 g/mol. The summed E-state index contributed by atoms with van der Waals surface area (Å²) in [6, 6.07) is 6.80. The van der Waals surface area contributed by atoms with Crippen molar-refractivity contribution in [1.29, 1.82) is 0 Å². The number of rotatable bonds is 6. The molecule has 0 aromatic heterocycles. The van der Waals surface area contributed by atoms with Crippen molar-refractivity contribution in [2.75, 3.05) is 13.2 Å². The van der Waals surface area contributed by atoms with Gasteiger partial charge >= 0.3 is 12.0 Å². The summed E-state index contributed by atoms with van der Waals surface area (Å²) in [5, 5.41) is 5.48. The zero-order valence-corrected chi connectivity index (χ0v) is 16.3. The molecule has 1 heterocycles. The first-order valence-corrected chi connectivity index (χ1v) is 9.46. The van der Waals surface area contributed by atoms with Crippen molar-refractivity contribution < 1.29 is 19.1 Å². The van der Waals surface area contributed by atoms with Gasteiger partial charge in [-0.2, -0.15) is 0 Å². The topological polar surface area (TPSA) is 87.7 Å². The van der Waals surface area contributed by atoms with Crippen molar-refractivity contribution >= 4 is 17.9 Å². The number of hydrogen-bond donors (Lipinski definition) is 2. The van der Waals surface area contributed by atoms with E-state index in [-0.39, 0.29) is 30.6 Å². The smallest absolute Gasteiger partial charge is 0.338 e. The third kappa shape index (κ3) is 6.58. The van der Waals surface area contributed by atoms with Crippen LogP contribution in [0.25, 0.3) is 0 Å². The summed E-state index contributed by atoms with van der Waals surface area (Å²) in [6.45, 7) is 6.64. The number of benzene rings is 1. The van der Waals surface area contributed by atoms with Gasteiger partial charge in [-0.1, -0.05) is 12.1 Å². The van der Waals surface area contributed by atoms with Gasteiger partial charge in [0.25, 0.3) is 5.91 Å². The van der Waals surface area contributed by atoms with E-state index >= 15 is 0 Å². The number of urea groups is 1. The van der Waals surface area contributed by atoms with E-state index < -0.39 is 5.97 Å². The molecule has 0 bridgehead atoms. The Morgan fingerprint density at radius 1 is 1.19 bits per heavy atom. The molecule has 2 rings (SSSR count). The molecule has 148 valence electrons. The lowest BCUT2D eigenvalue weighted by Gasteiger charge is -2.33. The summed E-state index contributed by atoms with van der Waals surface area (Å²) < 4.78 is 5.16. The lowest BCUT2D eigenvalue weighted by atomic mass is 10.0. The van der Waals surface area contributed by atoms with Gasteiger partial charge in [0.2, 0.25) is 0 Å². The van der Waals surface area contributed by atoms with Crippen LogP contribution in [0, 0.1) is 0 Å². The maximum absolute atomic E-state index is 12.2. The molecule has 0 saturated carbocycles. The first kappa shape index (κ1) is 20.7. The Kier molecular flexibility index (Phi) is 7.64. The second-order valence-electron chi connectivity index (χ2n) is 7.19. The highest BCUT2D eigenvalue weighted by atomic mass is 16.5. The van der Waals surface area contributed by atoms with E-state index in [9.17, 15) is 14.4 Å². The largest absolute Gasteiger partial charge is 0.452 e. The van der Waals surface area contributed by atoms with Crippen molar-refractivity contribution in [2.45, 2.75) is 58.7 Å². The Morgan fingerprint density at radius 2 is 1.89 bits per heavy atom. The Hall–Kier alpha value is -2.57. The highest BCUT2D eigenvalue weighted by molar-refractivity contribution is 5.91. The minimum absolute atomic E-state index is 0.0674. The van der Waals surface area contributed by atoms with Gasteiger partial charge in [0.05, 0.1) is 5.56 Å². The second kappa shape index (κ2) is 9.94. The molecule has 0 spiro atoms. The van der Waals surface area contributed by atoms with Crippen molar-refractivity contribution in [2.24, 2.45) is 0 Å². The molecule has 3 amide bonds. The summed E-state index contributed by atoms with van der Waals surface area (Å²) in [6.07, 6.45) is 3.12. The zero-order chi connectivity index (χ0) is 19.8. The van der Waals surface area contributed by atoms with Crippen molar-refractivity contribution in [1.82, 2.24) is 15.5 Å². The molecular formula is C20H29N3O4. The first-order valence-electron chi connectivity index (χ1n) is 9.46. The molecule has 0 aliphatic carbocycles. The fourth-order valence-corrected chi connectivity index (χ4v) is 3.02. The van der Waals surface area contributed by atoms with E-state index in [1.54, 1.807) is 29.2 Å². The zero-order valence-electron chi connectivity index (χ0n) is 16.3. The molecule has 1 saturated heterocycles. The van der Waals surface area contributed by atoms with E-state index in [0.29, 0.717) is 12.1 Å². The Labute approximate surface area is 160 Å². The fourth-order valence-electron chi connectivity index (χ4n) is 3.02. The van der Waals surface area contributed by atoms with Crippen LogP contribution in [0.2, 0.25) is 0 Å². The summed E-state index contributed by atoms with van der Waals surface area (Å²) in [4.78, 5) is 37.7. The van der Waals surface area contributed by atoms with Crippen LogP contribution in [0.1, 0.15) is 56.0 Å². The minimum Gasteiger partial charge on any atom is -0.452 e. The van der Waals surface area contributed by atoms with Gasteiger partial charge in [-0.15, -0.1) is 0 Å². The van der Waals surface area contributed by atoms with Crippen molar-refractivity contribution in [3.8, 4) is 0 Å². The lowest BCUT2D eigenvalue weighted by molar-refractivity contribution is -0.137.